The number of aryl methyl sites for hydroxylation is 1. The molecule has 1 saturated heterocycles. The molecule has 1 aliphatic rings. The Morgan fingerprint density at radius 1 is 0.963 bits per heavy atom. The van der Waals surface area contributed by atoms with E-state index >= 15 is 0 Å². The van der Waals surface area contributed by atoms with E-state index in [2.05, 4.69) is 38.8 Å². The Balaban J connectivity index is 1.28. The zero-order valence-electron chi connectivity index (χ0n) is 15.8. The van der Waals surface area contributed by atoms with Crippen LogP contribution in [0.4, 0.5) is 5.69 Å². The maximum atomic E-state index is 9.59. The third kappa shape index (κ3) is 3.88. The van der Waals surface area contributed by atoms with Crippen molar-refractivity contribution in [1.29, 1.82) is 0 Å². The quantitative estimate of drug-likeness (QED) is 0.725. The van der Waals surface area contributed by atoms with Gasteiger partial charge in [-0.2, -0.15) is 0 Å². The molecule has 2 aromatic carbocycles. The predicted octanol–water partition coefficient (Wildman–Crippen LogP) is 3.57. The summed E-state index contributed by atoms with van der Waals surface area (Å²) in [5.41, 5.74) is 2.38. The molecule has 0 saturated carbocycles. The molecule has 1 aliphatic heterocycles. The molecule has 4 rings (SSSR count). The molecule has 0 spiro atoms. The van der Waals surface area contributed by atoms with E-state index in [4.69, 9.17) is 4.74 Å². The number of aromatic hydroxyl groups is 1. The molecule has 5 heteroatoms. The highest BCUT2D eigenvalue weighted by atomic mass is 16.5. The molecule has 3 aromatic rings. The average Bonchev–Trinajstić information content (AvgIpc) is 3.10. The van der Waals surface area contributed by atoms with E-state index in [0.29, 0.717) is 5.75 Å². The Kier molecular flexibility index (Phi) is 5.21. The maximum Gasteiger partial charge on any atom is 0.142 e. The lowest BCUT2D eigenvalue weighted by Gasteiger charge is -2.36. The van der Waals surface area contributed by atoms with E-state index in [1.54, 1.807) is 13.2 Å². The topological polar surface area (TPSA) is 40.9 Å². The van der Waals surface area contributed by atoms with Gasteiger partial charge in [-0.3, -0.25) is 4.90 Å². The number of nitrogens with zero attached hydrogens (tertiary/aromatic N) is 3. The van der Waals surface area contributed by atoms with Gasteiger partial charge in [0.1, 0.15) is 11.5 Å². The van der Waals surface area contributed by atoms with E-state index in [9.17, 15) is 5.11 Å². The molecule has 1 N–H and O–H groups in total. The summed E-state index contributed by atoms with van der Waals surface area (Å²) in [4.78, 5) is 4.96. The molecule has 0 radical (unpaired) electrons. The van der Waals surface area contributed by atoms with Gasteiger partial charge in [0.05, 0.1) is 12.8 Å². The number of anilines is 1. The fourth-order valence-electron chi connectivity index (χ4n) is 3.95. The number of hydrogen-bond acceptors (Lipinski definition) is 4. The Hall–Kier alpha value is -2.66. The van der Waals surface area contributed by atoms with E-state index in [0.717, 1.165) is 56.8 Å². The molecule has 1 fully saturated rings. The molecule has 0 bridgehead atoms. The van der Waals surface area contributed by atoms with Crippen LogP contribution in [-0.2, 0) is 6.54 Å². The lowest BCUT2D eigenvalue weighted by atomic mass is 10.2. The molecule has 0 atom stereocenters. The first kappa shape index (κ1) is 17.7. The molecule has 0 aliphatic carbocycles. The molecule has 1 aromatic heterocycles. The van der Waals surface area contributed by atoms with Gasteiger partial charge in [0, 0.05) is 49.8 Å². The van der Waals surface area contributed by atoms with Crippen LogP contribution in [0.15, 0.2) is 54.7 Å². The SMILES string of the molecule is COc1ccccc1N1CCN(CCCn2ccc3cc(O)ccc32)CC1. The number of ether oxygens (including phenoxy) is 1. The number of aromatic nitrogens is 1. The molecule has 5 nitrogen and oxygen atoms in total. The third-order valence-electron chi connectivity index (χ3n) is 5.43. The average molecular weight is 365 g/mol. The second-order valence-electron chi connectivity index (χ2n) is 7.11. The number of methoxy groups -OCH3 is 1. The third-order valence-corrected chi connectivity index (χ3v) is 5.43. The van der Waals surface area contributed by atoms with E-state index < -0.39 is 0 Å². The number of fused-ring (bicyclic) bond motifs is 1. The molecule has 0 amide bonds. The number of piperazine rings is 1. The van der Waals surface area contributed by atoms with Crippen molar-refractivity contribution in [3.8, 4) is 11.5 Å². The van der Waals surface area contributed by atoms with Crippen molar-refractivity contribution in [3.63, 3.8) is 0 Å². The van der Waals surface area contributed by atoms with Gasteiger partial charge >= 0.3 is 0 Å². The molecular formula is C22H27N3O2. The molecule has 27 heavy (non-hydrogen) atoms. The fraction of sp³-hybridized carbons (Fsp3) is 0.364. The van der Waals surface area contributed by atoms with Crippen molar-refractivity contribution in [2.45, 2.75) is 13.0 Å². The fourth-order valence-corrected chi connectivity index (χ4v) is 3.95. The lowest BCUT2D eigenvalue weighted by Crippen LogP contribution is -2.46. The predicted molar refractivity (Wildman–Crippen MR) is 110 cm³/mol. The minimum Gasteiger partial charge on any atom is -0.508 e. The van der Waals surface area contributed by atoms with Crippen LogP contribution in [-0.4, -0.2) is 54.4 Å². The molecular weight excluding hydrogens is 338 g/mol. The van der Waals surface area contributed by atoms with Crippen molar-refractivity contribution >= 4 is 16.6 Å². The highest BCUT2D eigenvalue weighted by molar-refractivity contribution is 5.81. The van der Waals surface area contributed by atoms with Gasteiger partial charge in [-0.1, -0.05) is 12.1 Å². The van der Waals surface area contributed by atoms with Gasteiger partial charge in [0.25, 0.3) is 0 Å². The Bertz CT molecular complexity index is 897. The lowest BCUT2D eigenvalue weighted by molar-refractivity contribution is 0.250. The van der Waals surface area contributed by atoms with Crippen LogP contribution in [0.1, 0.15) is 6.42 Å². The number of phenols is 1. The summed E-state index contributed by atoms with van der Waals surface area (Å²) in [5.74, 6) is 1.28. The van der Waals surface area contributed by atoms with E-state index in [1.165, 1.54) is 11.2 Å². The van der Waals surface area contributed by atoms with E-state index in [-0.39, 0.29) is 0 Å². The Morgan fingerprint density at radius 3 is 2.59 bits per heavy atom. The van der Waals surface area contributed by atoms with Crippen LogP contribution in [0.25, 0.3) is 10.9 Å². The zero-order valence-corrected chi connectivity index (χ0v) is 15.8. The van der Waals surface area contributed by atoms with Gasteiger partial charge in [0.15, 0.2) is 0 Å². The minimum atomic E-state index is 0.327. The van der Waals surface area contributed by atoms with Crippen molar-refractivity contribution in [2.24, 2.45) is 0 Å². The van der Waals surface area contributed by atoms with Crippen molar-refractivity contribution in [2.75, 3.05) is 44.7 Å². The number of para-hydroxylation sites is 2. The summed E-state index contributed by atoms with van der Waals surface area (Å²) in [5, 5.41) is 10.7. The first-order valence-corrected chi connectivity index (χ1v) is 9.63. The summed E-state index contributed by atoms with van der Waals surface area (Å²) in [7, 11) is 1.74. The summed E-state index contributed by atoms with van der Waals surface area (Å²) >= 11 is 0. The van der Waals surface area contributed by atoms with Crippen LogP contribution in [0, 0.1) is 0 Å². The minimum absolute atomic E-state index is 0.327. The van der Waals surface area contributed by atoms with Crippen LogP contribution >= 0.6 is 0 Å². The van der Waals surface area contributed by atoms with Gasteiger partial charge in [0.2, 0.25) is 0 Å². The summed E-state index contributed by atoms with van der Waals surface area (Å²) < 4.78 is 7.78. The van der Waals surface area contributed by atoms with Gasteiger partial charge in [-0.05, 0) is 49.4 Å². The van der Waals surface area contributed by atoms with Crippen LogP contribution in [0.2, 0.25) is 0 Å². The van der Waals surface area contributed by atoms with Crippen LogP contribution in [0.5, 0.6) is 11.5 Å². The Labute approximate surface area is 160 Å². The normalized spacial score (nSPS) is 15.4. The van der Waals surface area contributed by atoms with Crippen molar-refractivity contribution < 1.29 is 9.84 Å². The van der Waals surface area contributed by atoms with Gasteiger partial charge in [-0.15, -0.1) is 0 Å². The number of phenolic OH excluding ortho intramolecular Hbond substituents is 1. The van der Waals surface area contributed by atoms with Gasteiger partial charge in [-0.25, -0.2) is 0 Å². The smallest absolute Gasteiger partial charge is 0.142 e. The second-order valence-corrected chi connectivity index (χ2v) is 7.11. The first-order valence-electron chi connectivity index (χ1n) is 9.63. The number of rotatable bonds is 6. The number of benzene rings is 2. The summed E-state index contributed by atoms with van der Waals surface area (Å²) in [6.07, 6.45) is 3.24. The highest BCUT2D eigenvalue weighted by Crippen LogP contribution is 2.28. The summed E-state index contributed by atoms with van der Waals surface area (Å²) in [6.45, 7) is 6.34. The second kappa shape index (κ2) is 7.92. The summed E-state index contributed by atoms with van der Waals surface area (Å²) in [6, 6.07) is 15.9. The molecule has 2 heterocycles. The monoisotopic (exact) mass is 365 g/mol. The molecule has 142 valence electrons. The van der Waals surface area contributed by atoms with Crippen molar-refractivity contribution in [1.82, 2.24) is 9.47 Å². The zero-order chi connectivity index (χ0) is 18.6. The van der Waals surface area contributed by atoms with Gasteiger partial charge < -0.3 is 19.3 Å². The standard InChI is InChI=1S/C22H27N3O2/c1-27-22-6-3-2-5-21(22)25-15-13-23(14-16-25)10-4-11-24-12-9-18-17-19(26)7-8-20(18)24/h2-3,5-9,12,17,26H,4,10-11,13-16H2,1H3. The largest absolute Gasteiger partial charge is 0.508 e. The maximum absolute atomic E-state index is 9.59. The highest BCUT2D eigenvalue weighted by Gasteiger charge is 2.19. The molecule has 0 unspecified atom stereocenters. The Morgan fingerprint density at radius 2 is 1.78 bits per heavy atom. The van der Waals surface area contributed by atoms with Crippen molar-refractivity contribution in [3.05, 3.63) is 54.7 Å². The first-order chi connectivity index (χ1) is 13.2. The van der Waals surface area contributed by atoms with Crippen LogP contribution in [0.3, 0.4) is 0 Å². The van der Waals surface area contributed by atoms with E-state index in [1.807, 2.05) is 24.3 Å². The number of hydrogen-bond donors (Lipinski definition) is 1. The van der Waals surface area contributed by atoms with Crippen LogP contribution < -0.4 is 9.64 Å².